The van der Waals surface area contributed by atoms with Gasteiger partial charge in [-0.25, -0.2) is 9.97 Å². The predicted molar refractivity (Wildman–Crippen MR) is 123 cm³/mol. The molecule has 1 heterocycles. The van der Waals surface area contributed by atoms with Crippen molar-refractivity contribution < 1.29 is 9.59 Å². The van der Waals surface area contributed by atoms with E-state index in [9.17, 15) is 9.59 Å². The van der Waals surface area contributed by atoms with E-state index in [-0.39, 0.29) is 17.6 Å². The summed E-state index contributed by atoms with van der Waals surface area (Å²) in [5, 5.41) is 2.90. The lowest BCUT2D eigenvalue weighted by Gasteiger charge is -2.19. The van der Waals surface area contributed by atoms with Crippen LogP contribution >= 0.6 is 0 Å². The van der Waals surface area contributed by atoms with Crippen molar-refractivity contribution in [1.82, 2.24) is 15.3 Å². The number of benzene rings is 2. The van der Waals surface area contributed by atoms with Gasteiger partial charge in [-0.15, -0.1) is 0 Å². The molecule has 1 aromatic heterocycles. The minimum Gasteiger partial charge on any atom is -0.349 e. The third-order valence-corrected chi connectivity index (χ3v) is 5.23. The van der Waals surface area contributed by atoms with Gasteiger partial charge in [-0.1, -0.05) is 48.0 Å². The van der Waals surface area contributed by atoms with Crippen LogP contribution in [0.5, 0.6) is 0 Å². The zero-order chi connectivity index (χ0) is 22.4. The second-order valence-corrected chi connectivity index (χ2v) is 7.66. The highest BCUT2D eigenvalue weighted by Gasteiger charge is 2.14. The van der Waals surface area contributed by atoms with Crippen LogP contribution in [0.4, 0.5) is 5.69 Å². The minimum atomic E-state index is -0.289. The highest BCUT2D eigenvalue weighted by molar-refractivity contribution is 5.92. The average Bonchev–Trinajstić information content (AvgIpc) is 2.77. The summed E-state index contributed by atoms with van der Waals surface area (Å²) in [6.45, 7) is 6.01. The number of nitrogens with one attached hydrogen (secondary N) is 1. The van der Waals surface area contributed by atoms with Gasteiger partial charge in [0.05, 0.1) is 5.69 Å². The monoisotopic (exact) mass is 416 g/mol. The van der Waals surface area contributed by atoms with Crippen molar-refractivity contribution in [2.75, 3.05) is 18.5 Å². The largest absolute Gasteiger partial charge is 0.349 e. The van der Waals surface area contributed by atoms with Gasteiger partial charge in [0.2, 0.25) is 11.7 Å². The molecule has 3 rings (SSSR count). The maximum absolute atomic E-state index is 12.6. The highest BCUT2D eigenvalue weighted by Crippen LogP contribution is 2.22. The summed E-state index contributed by atoms with van der Waals surface area (Å²) in [6.07, 6.45) is 3.17. The van der Waals surface area contributed by atoms with Crippen LogP contribution < -0.4 is 10.2 Å². The lowest BCUT2D eigenvalue weighted by Crippen LogP contribution is -2.27. The van der Waals surface area contributed by atoms with Crippen LogP contribution in [0, 0.1) is 13.8 Å². The van der Waals surface area contributed by atoms with Crippen molar-refractivity contribution in [3.8, 4) is 11.3 Å². The van der Waals surface area contributed by atoms with Gasteiger partial charge in [0, 0.05) is 38.0 Å². The molecule has 0 saturated carbocycles. The molecule has 3 aromatic rings. The highest BCUT2D eigenvalue weighted by atomic mass is 16.2. The van der Waals surface area contributed by atoms with Crippen LogP contribution in [0.25, 0.3) is 11.3 Å². The smallest absolute Gasteiger partial charge is 0.289 e. The van der Waals surface area contributed by atoms with E-state index in [1.54, 1.807) is 25.1 Å². The molecule has 0 fully saturated rings. The van der Waals surface area contributed by atoms with Gasteiger partial charge >= 0.3 is 0 Å². The summed E-state index contributed by atoms with van der Waals surface area (Å²) >= 11 is 0. The van der Waals surface area contributed by atoms with Crippen LogP contribution in [0.3, 0.4) is 0 Å². The minimum absolute atomic E-state index is 0.0124. The number of rotatable bonds is 7. The Morgan fingerprint density at radius 3 is 2.45 bits per heavy atom. The van der Waals surface area contributed by atoms with Crippen LogP contribution in [-0.2, 0) is 11.2 Å². The van der Waals surface area contributed by atoms with E-state index in [2.05, 4.69) is 15.3 Å². The Hall–Kier alpha value is -3.54. The molecule has 0 spiro atoms. The van der Waals surface area contributed by atoms with E-state index in [1.807, 2.05) is 62.4 Å². The van der Waals surface area contributed by atoms with Gasteiger partial charge in [0.25, 0.3) is 5.91 Å². The fourth-order valence-electron chi connectivity index (χ4n) is 3.33. The van der Waals surface area contributed by atoms with Crippen LogP contribution in [0.1, 0.15) is 40.7 Å². The molecule has 0 aliphatic heterocycles. The third kappa shape index (κ3) is 5.54. The molecular formula is C25H28N4O2. The zero-order valence-corrected chi connectivity index (χ0v) is 18.5. The maximum Gasteiger partial charge on any atom is 0.289 e. The molecule has 0 saturated heterocycles. The topological polar surface area (TPSA) is 75.2 Å². The number of carbonyl (C=O) groups is 2. The molecule has 1 N–H and O–H groups in total. The Kier molecular flexibility index (Phi) is 7.13. The third-order valence-electron chi connectivity index (χ3n) is 5.23. The van der Waals surface area contributed by atoms with E-state index in [1.165, 1.54) is 5.56 Å². The molecule has 160 valence electrons. The second-order valence-electron chi connectivity index (χ2n) is 7.66. The first-order chi connectivity index (χ1) is 14.9. The van der Waals surface area contributed by atoms with Crippen LogP contribution in [0.2, 0.25) is 0 Å². The van der Waals surface area contributed by atoms with Crippen molar-refractivity contribution in [3.63, 3.8) is 0 Å². The number of amides is 2. The van der Waals surface area contributed by atoms with E-state index in [4.69, 9.17) is 0 Å². The SMILES string of the molecule is CC(=O)N(C)c1ccccc1CCCNC(=O)c1ncc(C)c(-c2ccc(C)cc2)n1. The number of hydrogen-bond acceptors (Lipinski definition) is 4. The molecule has 31 heavy (non-hydrogen) atoms. The lowest BCUT2D eigenvalue weighted by atomic mass is 10.1. The molecule has 2 aromatic carbocycles. The van der Waals surface area contributed by atoms with Crippen molar-refractivity contribution in [2.45, 2.75) is 33.6 Å². The van der Waals surface area contributed by atoms with Gasteiger partial charge in [-0.05, 0) is 43.9 Å². The Morgan fingerprint density at radius 1 is 1.03 bits per heavy atom. The number of aryl methyl sites for hydroxylation is 3. The molecule has 6 heteroatoms. The fraction of sp³-hybridized carbons (Fsp3) is 0.280. The molecule has 0 bridgehead atoms. The van der Waals surface area contributed by atoms with Gasteiger partial charge in [-0.3, -0.25) is 9.59 Å². The Labute approximate surface area is 183 Å². The van der Waals surface area contributed by atoms with E-state index in [0.29, 0.717) is 6.54 Å². The van der Waals surface area contributed by atoms with Crippen molar-refractivity contribution in [3.05, 3.63) is 77.2 Å². The van der Waals surface area contributed by atoms with Gasteiger partial charge in [0.15, 0.2) is 0 Å². The first-order valence-electron chi connectivity index (χ1n) is 10.4. The second kappa shape index (κ2) is 9.98. The van der Waals surface area contributed by atoms with Gasteiger partial charge < -0.3 is 10.2 Å². The molecule has 2 amide bonds. The molecule has 0 radical (unpaired) electrons. The van der Waals surface area contributed by atoms with E-state index >= 15 is 0 Å². The molecule has 6 nitrogen and oxygen atoms in total. The van der Waals surface area contributed by atoms with E-state index < -0.39 is 0 Å². The Bertz CT molecular complexity index is 1080. The van der Waals surface area contributed by atoms with Crippen molar-refractivity contribution in [1.29, 1.82) is 0 Å². The maximum atomic E-state index is 12.6. The van der Waals surface area contributed by atoms with Gasteiger partial charge in [-0.2, -0.15) is 0 Å². The predicted octanol–water partition coefficient (Wildman–Crippen LogP) is 4.11. The Balaban J connectivity index is 1.62. The summed E-state index contributed by atoms with van der Waals surface area (Å²) in [4.78, 5) is 34.6. The number of carbonyl (C=O) groups excluding carboxylic acids is 2. The normalized spacial score (nSPS) is 10.6. The molecule has 0 aliphatic carbocycles. The number of aromatic nitrogens is 2. The first kappa shape index (κ1) is 22.2. The summed E-state index contributed by atoms with van der Waals surface area (Å²) in [7, 11) is 1.77. The average molecular weight is 417 g/mol. The number of hydrogen-bond donors (Lipinski definition) is 1. The molecular weight excluding hydrogens is 388 g/mol. The summed E-state index contributed by atoms with van der Waals surface area (Å²) in [5.41, 5.74) is 5.79. The first-order valence-corrected chi connectivity index (χ1v) is 10.4. The van der Waals surface area contributed by atoms with E-state index in [0.717, 1.165) is 40.9 Å². The lowest BCUT2D eigenvalue weighted by molar-refractivity contribution is -0.116. The summed E-state index contributed by atoms with van der Waals surface area (Å²) in [6, 6.07) is 15.9. The quantitative estimate of drug-likeness (QED) is 0.588. The number of anilines is 1. The zero-order valence-electron chi connectivity index (χ0n) is 18.5. The Morgan fingerprint density at radius 2 is 1.74 bits per heavy atom. The fourth-order valence-corrected chi connectivity index (χ4v) is 3.33. The number of nitrogens with zero attached hydrogens (tertiary/aromatic N) is 3. The summed E-state index contributed by atoms with van der Waals surface area (Å²) in [5.74, 6) is -0.137. The van der Waals surface area contributed by atoms with Crippen molar-refractivity contribution >= 4 is 17.5 Å². The van der Waals surface area contributed by atoms with Crippen molar-refractivity contribution in [2.24, 2.45) is 0 Å². The molecule has 0 unspecified atom stereocenters. The van der Waals surface area contributed by atoms with Crippen LogP contribution in [0.15, 0.2) is 54.7 Å². The van der Waals surface area contributed by atoms with Crippen LogP contribution in [-0.4, -0.2) is 35.4 Å². The summed E-state index contributed by atoms with van der Waals surface area (Å²) < 4.78 is 0. The standard InChI is InChI=1S/C25H28N4O2/c1-17-11-13-21(14-12-17)23-18(2)16-27-24(28-23)25(31)26-15-7-9-20-8-5-6-10-22(20)29(4)19(3)30/h5-6,8,10-14,16H,7,9,15H2,1-4H3,(H,26,31). The molecule has 0 aliphatic rings. The number of para-hydroxylation sites is 1. The van der Waals surface area contributed by atoms with Gasteiger partial charge in [0.1, 0.15) is 0 Å². The molecule has 0 atom stereocenters.